The molecule has 1 aliphatic carbocycles. The van der Waals surface area contributed by atoms with E-state index in [4.69, 9.17) is 4.74 Å². The van der Waals surface area contributed by atoms with Crippen LogP contribution in [0.1, 0.15) is 37.3 Å². The number of nitrogens with zero attached hydrogens (tertiary/aromatic N) is 1. The highest BCUT2D eigenvalue weighted by Gasteiger charge is 2.40. The Morgan fingerprint density at radius 1 is 1.46 bits per heavy atom. The van der Waals surface area contributed by atoms with Crippen molar-refractivity contribution >= 4 is 16.9 Å². The Kier molecular flexibility index (Phi) is 4.76. The fourth-order valence-corrected chi connectivity index (χ4v) is 4.97. The van der Waals surface area contributed by atoms with Crippen molar-refractivity contribution in [1.82, 2.24) is 15.2 Å². The molecule has 1 aliphatic heterocycles. The third-order valence-corrected chi connectivity index (χ3v) is 6.34. The fraction of sp³-hybridized carbons (Fsp3) is 0.571. The van der Waals surface area contributed by atoms with Crippen molar-refractivity contribution in [1.29, 1.82) is 0 Å². The number of esters is 1. The van der Waals surface area contributed by atoms with E-state index in [0.717, 1.165) is 19.4 Å². The second-order valence-electron chi connectivity index (χ2n) is 7.87. The van der Waals surface area contributed by atoms with Gasteiger partial charge >= 0.3 is 5.97 Å². The number of carbonyl (C=O) groups excluding carboxylic acids is 1. The van der Waals surface area contributed by atoms with Crippen molar-refractivity contribution < 1.29 is 9.53 Å². The molecule has 1 unspecified atom stereocenters. The summed E-state index contributed by atoms with van der Waals surface area (Å²) >= 11 is 0. The molecule has 2 aromatic rings. The van der Waals surface area contributed by atoms with Gasteiger partial charge in [0.2, 0.25) is 0 Å². The number of aromatic amines is 1. The molecule has 5 heteroatoms. The van der Waals surface area contributed by atoms with Crippen molar-refractivity contribution in [2.24, 2.45) is 5.92 Å². The summed E-state index contributed by atoms with van der Waals surface area (Å²) in [5, 5.41) is 4.82. The maximum atomic E-state index is 11.7. The monoisotopic (exact) mass is 355 g/mol. The number of aromatic nitrogens is 1. The minimum atomic E-state index is -0.166. The molecule has 5 nitrogen and oxygen atoms in total. The first-order valence-electron chi connectivity index (χ1n) is 9.76. The Morgan fingerprint density at radius 2 is 2.31 bits per heavy atom. The summed E-state index contributed by atoms with van der Waals surface area (Å²) in [7, 11) is 2.25. The van der Waals surface area contributed by atoms with Crippen molar-refractivity contribution in [2.45, 2.75) is 44.7 Å². The number of piperidine rings is 1. The number of likely N-dealkylation sites (tertiary alicyclic amines) is 1. The van der Waals surface area contributed by atoms with Crippen LogP contribution in [-0.4, -0.2) is 54.7 Å². The molecule has 2 N–H and O–H groups in total. The lowest BCUT2D eigenvalue weighted by Gasteiger charge is -2.47. The standard InChI is InChI=1S/C21H29N3O2/c1-4-26-20(25)11-22-13(2)15-8-17-16-6-5-7-18-21(16)14(10-23-18)9-19(17)24(3)12-15/h5-7,10,13,15,17,19,22-23H,4,8-9,11-12H2,1-3H3/t13?,15-,17-,19-/m1/s1. The number of benzene rings is 1. The first-order valence-corrected chi connectivity index (χ1v) is 9.76. The van der Waals surface area contributed by atoms with Gasteiger partial charge in [0, 0.05) is 41.6 Å². The summed E-state index contributed by atoms with van der Waals surface area (Å²) in [4.78, 5) is 17.6. The topological polar surface area (TPSA) is 57.4 Å². The van der Waals surface area contributed by atoms with Gasteiger partial charge in [-0.1, -0.05) is 12.1 Å². The second kappa shape index (κ2) is 7.05. The molecule has 0 bridgehead atoms. The van der Waals surface area contributed by atoms with E-state index in [-0.39, 0.29) is 12.0 Å². The highest BCUT2D eigenvalue weighted by Crippen LogP contribution is 2.44. The van der Waals surface area contributed by atoms with Gasteiger partial charge in [-0.25, -0.2) is 0 Å². The van der Waals surface area contributed by atoms with Gasteiger partial charge in [-0.3, -0.25) is 4.79 Å². The van der Waals surface area contributed by atoms with Crippen LogP contribution in [0.2, 0.25) is 0 Å². The highest BCUT2D eigenvalue weighted by atomic mass is 16.5. The van der Waals surface area contributed by atoms with E-state index in [2.05, 4.69) is 53.6 Å². The van der Waals surface area contributed by atoms with Crippen LogP contribution >= 0.6 is 0 Å². The van der Waals surface area contributed by atoms with Crippen LogP contribution in [0.25, 0.3) is 10.9 Å². The van der Waals surface area contributed by atoms with Gasteiger partial charge < -0.3 is 19.9 Å². The molecule has 2 heterocycles. The molecule has 0 spiro atoms. The van der Waals surface area contributed by atoms with Crippen LogP contribution < -0.4 is 5.32 Å². The number of likely N-dealkylation sites (N-methyl/N-ethyl adjacent to an activating group) is 1. The summed E-state index contributed by atoms with van der Waals surface area (Å²) in [6.07, 6.45) is 4.47. The number of ether oxygens (including phenoxy) is 1. The number of nitrogens with one attached hydrogen (secondary N) is 2. The summed E-state index contributed by atoms with van der Waals surface area (Å²) < 4.78 is 5.04. The molecule has 26 heavy (non-hydrogen) atoms. The smallest absolute Gasteiger partial charge is 0.319 e. The minimum Gasteiger partial charge on any atom is -0.465 e. The van der Waals surface area contributed by atoms with E-state index in [9.17, 15) is 4.79 Å². The zero-order valence-corrected chi connectivity index (χ0v) is 15.9. The molecule has 4 rings (SSSR count). The van der Waals surface area contributed by atoms with Gasteiger partial charge in [0.15, 0.2) is 0 Å². The minimum absolute atomic E-state index is 0.166. The lowest BCUT2D eigenvalue weighted by molar-refractivity contribution is -0.142. The lowest BCUT2D eigenvalue weighted by atomic mass is 9.71. The van der Waals surface area contributed by atoms with Gasteiger partial charge in [-0.05, 0) is 56.8 Å². The fourth-order valence-electron chi connectivity index (χ4n) is 4.97. The van der Waals surface area contributed by atoms with Gasteiger partial charge in [0.25, 0.3) is 0 Å². The molecule has 0 radical (unpaired) electrons. The average molecular weight is 355 g/mol. The average Bonchev–Trinajstić information content (AvgIpc) is 3.05. The quantitative estimate of drug-likeness (QED) is 0.810. The van der Waals surface area contributed by atoms with Crippen molar-refractivity contribution in [2.75, 3.05) is 26.7 Å². The van der Waals surface area contributed by atoms with E-state index < -0.39 is 0 Å². The van der Waals surface area contributed by atoms with E-state index in [0.29, 0.717) is 31.0 Å². The maximum Gasteiger partial charge on any atom is 0.319 e. The number of hydrogen-bond donors (Lipinski definition) is 2. The number of carbonyl (C=O) groups is 1. The molecule has 140 valence electrons. The predicted octanol–water partition coefficient (Wildman–Crippen LogP) is 2.67. The number of rotatable bonds is 5. The first-order chi connectivity index (χ1) is 12.6. The Bertz CT molecular complexity index is 800. The van der Waals surface area contributed by atoms with Crippen LogP contribution in [-0.2, 0) is 16.0 Å². The van der Waals surface area contributed by atoms with Crippen LogP contribution in [0.4, 0.5) is 0 Å². The third kappa shape index (κ3) is 3.03. The molecule has 0 amide bonds. The molecule has 4 atom stereocenters. The van der Waals surface area contributed by atoms with E-state index in [1.807, 2.05) is 6.92 Å². The summed E-state index contributed by atoms with van der Waals surface area (Å²) in [6, 6.07) is 7.51. The molecular weight excluding hydrogens is 326 g/mol. The van der Waals surface area contributed by atoms with E-state index in [1.54, 1.807) is 0 Å². The summed E-state index contributed by atoms with van der Waals surface area (Å²) in [6.45, 7) is 5.84. The number of fused-ring (bicyclic) bond motifs is 2. The zero-order chi connectivity index (χ0) is 18.3. The maximum absolute atomic E-state index is 11.7. The first kappa shape index (κ1) is 17.6. The van der Waals surface area contributed by atoms with Crippen LogP contribution in [0, 0.1) is 5.92 Å². The number of H-pyrrole nitrogens is 1. The zero-order valence-electron chi connectivity index (χ0n) is 15.9. The van der Waals surface area contributed by atoms with E-state index >= 15 is 0 Å². The molecule has 0 saturated carbocycles. The third-order valence-electron chi connectivity index (χ3n) is 6.34. The highest BCUT2D eigenvalue weighted by molar-refractivity contribution is 5.88. The Labute approximate surface area is 155 Å². The van der Waals surface area contributed by atoms with Crippen LogP contribution in [0.5, 0.6) is 0 Å². The largest absolute Gasteiger partial charge is 0.465 e. The van der Waals surface area contributed by atoms with Crippen molar-refractivity contribution in [3.8, 4) is 0 Å². The van der Waals surface area contributed by atoms with Crippen LogP contribution in [0.15, 0.2) is 24.4 Å². The molecule has 1 fully saturated rings. The predicted molar refractivity (Wildman–Crippen MR) is 103 cm³/mol. The van der Waals surface area contributed by atoms with Gasteiger partial charge in [0.1, 0.15) is 0 Å². The van der Waals surface area contributed by atoms with Gasteiger partial charge in [-0.15, -0.1) is 0 Å². The van der Waals surface area contributed by atoms with Crippen LogP contribution in [0.3, 0.4) is 0 Å². The molecule has 1 aromatic carbocycles. The SMILES string of the molecule is CCOC(=O)CNC(C)[C@@H]1C[C@@H]2c3cccc4[nH]cc(c34)C[C@H]2N(C)C1. The Hall–Kier alpha value is -1.85. The molecule has 1 aromatic heterocycles. The summed E-state index contributed by atoms with van der Waals surface area (Å²) in [5.41, 5.74) is 4.20. The Balaban J connectivity index is 1.53. The summed E-state index contributed by atoms with van der Waals surface area (Å²) in [5.74, 6) is 0.907. The Morgan fingerprint density at radius 3 is 3.12 bits per heavy atom. The van der Waals surface area contributed by atoms with E-state index in [1.165, 1.54) is 22.0 Å². The molecule has 2 aliphatic rings. The van der Waals surface area contributed by atoms with Gasteiger partial charge in [0.05, 0.1) is 13.2 Å². The van der Waals surface area contributed by atoms with Crippen molar-refractivity contribution in [3.05, 3.63) is 35.5 Å². The van der Waals surface area contributed by atoms with Crippen molar-refractivity contribution in [3.63, 3.8) is 0 Å². The second-order valence-corrected chi connectivity index (χ2v) is 7.87. The normalized spacial score (nSPS) is 26.5. The van der Waals surface area contributed by atoms with Gasteiger partial charge in [-0.2, -0.15) is 0 Å². The molecular formula is C21H29N3O2. The molecule has 1 saturated heterocycles. The lowest BCUT2D eigenvalue weighted by Crippen LogP contribution is -2.52. The number of hydrogen-bond acceptors (Lipinski definition) is 4.